The number of hydrogen-bond acceptors (Lipinski definition) is 3. The number of nitrogens with one attached hydrogen (secondary N) is 1. The molecule has 2 aromatic carbocycles. The van der Waals surface area contributed by atoms with Crippen LogP contribution >= 0.6 is 0 Å². The Morgan fingerprint density at radius 1 is 1.00 bits per heavy atom. The van der Waals surface area contributed by atoms with Crippen molar-refractivity contribution in [3.05, 3.63) is 65.5 Å². The minimum Gasteiger partial charge on any atom is -0.345 e. The number of para-hydroxylation sites is 2. The van der Waals surface area contributed by atoms with Gasteiger partial charge in [-0.2, -0.15) is 0 Å². The van der Waals surface area contributed by atoms with Gasteiger partial charge in [-0.1, -0.05) is 44.2 Å². The summed E-state index contributed by atoms with van der Waals surface area (Å²) in [5.74, 6) is 0.604. The normalized spacial score (nSPS) is 13.0. The van der Waals surface area contributed by atoms with E-state index < -0.39 is 0 Å². The Hall–Kier alpha value is -3.15. The van der Waals surface area contributed by atoms with Crippen LogP contribution in [0.1, 0.15) is 62.3 Å². The van der Waals surface area contributed by atoms with Gasteiger partial charge in [-0.05, 0) is 57.4 Å². The first kappa shape index (κ1) is 23.5. The SMILES string of the molecule is CCC(C)N(C(=O)Cn1c(CNC(=O)c2ccccc2C)nc2ccccc21)C(C)CC. The minimum atomic E-state index is -0.145. The number of fused-ring (bicyclic) bond motifs is 1. The third-order valence-corrected chi connectivity index (χ3v) is 6.24. The molecule has 6 heteroatoms. The summed E-state index contributed by atoms with van der Waals surface area (Å²) in [6.07, 6.45) is 1.81. The molecule has 0 radical (unpaired) electrons. The van der Waals surface area contributed by atoms with Gasteiger partial charge >= 0.3 is 0 Å². The molecule has 2 amide bonds. The topological polar surface area (TPSA) is 67.2 Å². The Kier molecular flexibility index (Phi) is 7.67. The van der Waals surface area contributed by atoms with Crippen molar-refractivity contribution in [1.29, 1.82) is 0 Å². The van der Waals surface area contributed by atoms with Crippen molar-refractivity contribution in [1.82, 2.24) is 19.8 Å². The van der Waals surface area contributed by atoms with Crippen LogP contribution in [0.25, 0.3) is 11.0 Å². The highest BCUT2D eigenvalue weighted by atomic mass is 16.2. The van der Waals surface area contributed by atoms with Crippen LogP contribution in [0, 0.1) is 6.92 Å². The van der Waals surface area contributed by atoms with E-state index in [0.717, 1.165) is 29.4 Å². The quantitative estimate of drug-likeness (QED) is 0.531. The summed E-state index contributed by atoms with van der Waals surface area (Å²) in [6.45, 7) is 10.8. The van der Waals surface area contributed by atoms with E-state index in [2.05, 4.69) is 33.0 Å². The minimum absolute atomic E-state index is 0.0725. The largest absolute Gasteiger partial charge is 0.345 e. The number of nitrogens with zero attached hydrogens (tertiary/aromatic N) is 3. The lowest BCUT2D eigenvalue weighted by atomic mass is 10.1. The van der Waals surface area contributed by atoms with E-state index in [1.807, 2.05) is 64.9 Å². The molecule has 3 rings (SSSR count). The summed E-state index contributed by atoms with van der Waals surface area (Å²) >= 11 is 0. The van der Waals surface area contributed by atoms with Gasteiger partial charge in [0.25, 0.3) is 5.91 Å². The van der Waals surface area contributed by atoms with Gasteiger partial charge in [0.1, 0.15) is 12.4 Å². The lowest BCUT2D eigenvalue weighted by molar-refractivity contribution is -0.136. The van der Waals surface area contributed by atoms with Gasteiger partial charge in [-0.15, -0.1) is 0 Å². The second-order valence-electron chi connectivity index (χ2n) is 8.42. The molecule has 2 unspecified atom stereocenters. The van der Waals surface area contributed by atoms with E-state index >= 15 is 0 Å². The summed E-state index contributed by atoms with van der Waals surface area (Å²) in [7, 11) is 0. The van der Waals surface area contributed by atoms with E-state index in [1.165, 1.54) is 0 Å². The maximum absolute atomic E-state index is 13.4. The number of imidazole rings is 1. The average Bonchev–Trinajstić information content (AvgIpc) is 3.14. The number of aryl methyl sites for hydroxylation is 1. The van der Waals surface area contributed by atoms with Crippen LogP contribution in [0.2, 0.25) is 0 Å². The van der Waals surface area contributed by atoms with Gasteiger partial charge in [0.15, 0.2) is 0 Å². The molecule has 3 aromatic rings. The van der Waals surface area contributed by atoms with Crippen molar-refractivity contribution < 1.29 is 9.59 Å². The van der Waals surface area contributed by atoms with Crippen LogP contribution in [0.15, 0.2) is 48.5 Å². The molecule has 0 spiro atoms. The van der Waals surface area contributed by atoms with Crippen LogP contribution in [0.5, 0.6) is 0 Å². The molecule has 0 bridgehead atoms. The fourth-order valence-electron chi connectivity index (χ4n) is 4.06. The van der Waals surface area contributed by atoms with E-state index in [9.17, 15) is 9.59 Å². The number of hydrogen-bond donors (Lipinski definition) is 1. The predicted octanol–water partition coefficient (Wildman–Crippen LogP) is 4.70. The van der Waals surface area contributed by atoms with Gasteiger partial charge in [0.05, 0.1) is 17.6 Å². The number of rotatable bonds is 9. The Bertz CT molecular complexity index is 1080. The first-order chi connectivity index (χ1) is 15.4. The molecule has 1 aromatic heterocycles. The molecule has 0 aliphatic heterocycles. The smallest absolute Gasteiger partial charge is 0.251 e. The van der Waals surface area contributed by atoms with Crippen molar-refractivity contribution in [3.8, 4) is 0 Å². The molecule has 2 atom stereocenters. The zero-order chi connectivity index (χ0) is 23.3. The monoisotopic (exact) mass is 434 g/mol. The molecule has 0 saturated carbocycles. The van der Waals surface area contributed by atoms with Crippen LogP contribution in [0.3, 0.4) is 0 Å². The fourth-order valence-corrected chi connectivity index (χ4v) is 4.06. The number of carbonyl (C=O) groups excluding carboxylic acids is 2. The summed E-state index contributed by atoms with van der Waals surface area (Å²) in [6, 6.07) is 15.6. The molecule has 1 N–H and O–H groups in total. The highest BCUT2D eigenvalue weighted by molar-refractivity contribution is 5.95. The standard InChI is InChI=1S/C26H34N4O2/c1-6-19(4)30(20(5)7-2)25(31)17-29-23-15-11-10-14-22(23)28-24(29)16-27-26(32)21-13-9-8-12-18(21)3/h8-15,19-20H,6-7,16-17H2,1-5H3,(H,27,32). The van der Waals surface area contributed by atoms with Crippen LogP contribution < -0.4 is 5.32 Å². The summed E-state index contributed by atoms with van der Waals surface area (Å²) in [5.41, 5.74) is 3.28. The van der Waals surface area contributed by atoms with Gasteiger partial charge in [0, 0.05) is 17.6 Å². The van der Waals surface area contributed by atoms with E-state index in [1.54, 1.807) is 0 Å². The van der Waals surface area contributed by atoms with E-state index in [4.69, 9.17) is 4.98 Å². The molecule has 0 aliphatic carbocycles. The Morgan fingerprint density at radius 2 is 1.62 bits per heavy atom. The Labute approximate surface area is 190 Å². The van der Waals surface area contributed by atoms with Crippen LogP contribution in [-0.4, -0.2) is 38.3 Å². The van der Waals surface area contributed by atoms with Crippen LogP contribution in [-0.2, 0) is 17.9 Å². The Morgan fingerprint density at radius 3 is 2.28 bits per heavy atom. The molecule has 32 heavy (non-hydrogen) atoms. The second kappa shape index (κ2) is 10.4. The molecule has 0 saturated heterocycles. The van der Waals surface area contributed by atoms with Crippen LogP contribution in [0.4, 0.5) is 0 Å². The predicted molar refractivity (Wildman–Crippen MR) is 128 cm³/mol. The van der Waals surface area contributed by atoms with Crippen molar-refractivity contribution >= 4 is 22.8 Å². The van der Waals surface area contributed by atoms with Crippen molar-refractivity contribution in [2.45, 2.75) is 72.6 Å². The molecule has 6 nitrogen and oxygen atoms in total. The highest BCUT2D eigenvalue weighted by Gasteiger charge is 2.25. The fraction of sp³-hybridized carbons (Fsp3) is 0.423. The molecule has 170 valence electrons. The average molecular weight is 435 g/mol. The van der Waals surface area contributed by atoms with Crippen molar-refractivity contribution in [3.63, 3.8) is 0 Å². The van der Waals surface area contributed by atoms with E-state index in [0.29, 0.717) is 11.4 Å². The van der Waals surface area contributed by atoms with Gasteiger partial charge in [-0.25, -0.2) is 4.98 Å². The van der Waals surface area contributed by atoms with E-state index in [-0.39, 0.29) is 37.0 Å². The number of aromatic nitrogens is 2. The zero-order valence-electron chi connectivity index (χ0n) is 19.8. The molecule has 0 fully saturated rings. The lowest BCUT2D eigenvalue weighted by Gasteiger charge is -2.34. The second-order valence-corrected chi connectivity index (χ2v) is 8.42. The number of benzene rings is 2. The molecule has 0 aliphatic rings. The molecule has 1 heterocycles. The van der Waals surface area contributed by atoms with Crippen molar-refractivity contribution in [2.75, 3.05) is 0 Å². The zero-order valence-corrected chi connectivity index (χ0v) is 19.8. The first-order valence-electron chi connectivity index (χ1n) is 11.5. The third kappa shape index (κ3) is 5.01. The van der Waals surface area contributed by atoms with Gasteiger partial charge in [0.2, 0.25) is 5.91 Å². The number of amides is 2. The first-order valence-corrected chi connectivity index (χ1v) is 11.5. The maximum atomic E-state index is 13.4. The summed E-state index contributed by atoms with van der Waals surface area (Å²) < 4.78 is 1.94. The summed E-state index contributed by atoms with van der Waals surface area (Å²) in [4.78, 5) is 32.8. The van der Waals surface area contributed by atoms with Crippen molar-refractivity contribution in [2.24, 2.45) is 0 Å². The maximum Gasteiger partial charge on any atom is 0.251 e. The van der Waals surface area contributed by atoms with Gasteiger partial charge in [-0.3, -0.25) is 9.59 Å². The molecular weight excluding hydrogens is 400 g/mol. The van der Waals surface area contributed by atoms with Gasteiger partial charge < -0.3 is 14.8 Å². The third-order valence-electron chi connectivity index (χ3n) is 6.24. The number of carbonyl (C=O) groups is 2. The molecular formula is C26H34N4O2. The lowest BCUT2D eigenvalue weighted by Crippen LogP contribution is -2.46. The Balaban J connectivity index is 1.88. The highest BCUT2D eigenvalue weighted by Crippen LogP contribution is 2.19. The summed E-state index contributed by atoms with van der Waals surface area (Å²) in [5, 5.41) is 2.98.